The van der Waals surface area contributed by atoms with Gasteiger partial charge in [0.2, 0.25) is 0 Å². The monoisotopic (exact) mass is 958 g/mol. The Morgan fingerprint density at radius 3 is 1.26 bits per heavy atom. The Kier molecular flexibility index (Phi) is 11.1. The van der Waals surface area contributed by atoms with E-state index in [1.54, 1.807) is 0 Å². The normalized spacial score (nSPS) is 13.9. The fraction of sp³-hybridized carbons (Fsp3) is 0.294. The minimum Gasteiger partial charge on any atom is -0.456 e. The molecule has 4 nitrogen and oxygen atoms in total. The lowest BCUT2D eigenvalue weighted by Gasteiger charge is -2.45. The van der Waals surface area contributed by atoms with Gasteiger partial charge in [-0.05, 0) is 144 Å². The minimum atomic E-state index is -0.0722. The summed E-state index contributed by atoms with van der Waals surface area (Å²) in [4.78, 5) is 7.52. The van der Waals surface area contributed by atoms with E-state index in [-0.39, 0.29) is 33.8 Å². The minimum absolute atomic E-state index is 0.00708. The number of hydrogen-bond acceptors (Lipinski definition) is 4. The molecular formula is C68H72BN3O. The Morgan fingerprint density at radius 2 is 0.795 bits per heavy atom. The average molecular weight is 958 g/mol. The molecule has 11 rings (SSSR count). The summed E-state index contributed by atoms with van der Waals surface area (Å²) in [5.74, 6) is 0. The number of hydrogen-bond donors (Lipinski definition) is 0. The predicted molar refractivity (Wildman–Crippen MR) is 316 cm³/mol. The zero-order valence-electron chi connectivity index (χ0n) is 45.9. The molecule has 1 aromatic heterocycles. The quantitative estimate of drug-likeness (QED) is 0.160. The summed E-state index contributed by atoms with van der Waals surface area (Å²) in [5.41, 5.74) is 22.3. The zero-order valence-corrected chi connectivity index (χ0v) is 45.9. The smallest absolute Gasteiger partial charge is 0.252 e. The van der Waals surface area contributed by atoms with Gasteiger partial charge in [0.05, 0.1) is 16.8 Å². The molecule has 0 N–H and O–H groups in total. The summed E-state index contributed by atoms with van der Waals surface area (Å²) in [6.07, 6.45) is 0. The second kappa shape index (κ2) is 16.8. The van der Waals surface area contributed by atoms with Crippen molar-refractivity contribution < 1.29 is 4.42 Å². The molecule has 2 aliphatic rings. The van der Waals surface area contributed by atoms with Gasteiger partial charge >= 0.3 is 0 Å². The van der Waals surface area contributed by atoms with Crippen LogP contribution in [-0.2, 0) is 27.1 Å². The van der Waals surface area contributed by atoms with Gasteiger partial charge in [-0.15, -0.1) is 0 Å². The third-order valence-corrected chi connectivity index (χ3v) is 15.6. The molecule has 73 heavy (non-hydrogen) atoms. The van der Waals surface area contributed by atoms with Gasteiger partial charge in [0.25, 0.3) is 6.71 Å². The van der Waals surface area contributed by atoms with Gasteiger partial charge in [0, 0.05) is 51.3 Å². The molecule has 0 atom stereocenters. The highest BCUT2D eigenvalue weighted by Crippen LogP contribution is 2.50. The van der Waals surface area contributed by atoms with Crippen molar-refractivity contribution in [2.24, 2.45) is 0 Å². The van der Waals surface area contributed by atoms with E-state index >= 15 is 0 Å². The molecule has 9 aromatic rings. The van der Waals surface area contributed by atoms with Crippen molar-refractivity contribution in [1.29, 1.82) is 0 Å². The van der Waals surface area contributed by atoms with Crippen LogP contribution in [0.15, 0.2) is 168 Å². The molecule has 0 aliphatic carbocycles. The van der Waals surface area contributed by atoms with Gasteiger partial charge in [0.1, 0.15) is 11.2 Å². The van der Waals surface area contributed by atoms with E-state index in [0.717, 1.165) is 50.4 Å². The number of furan rings is 1. The maximum atomic E-state index is 7.03. The van der Waals surface area contributed by atoms with E-state index in [1.165, 1.54) is 67.0 Å². The first-order valence-electron chi connectivity index (χ1n) is 26.5. The first-order valence-corrected chi connectivity index (χ1v) is 26.5. The molecular weight excluding hydrogens is 886 g/mol. The van der Waals surface area contributed by atoms with E-state index in [1.807, 2.05) is 0 Å². The highest BCUT2D eigenvalue weighted by molar-refractivity contribution is 7.00. The van der Waals surface area contributed by atoms with E-state index in [9.17, 15) is 0 Å². The lowest BCUT2D eigenvalue weighted by atomic mass is 9.33. The van der Waals surface area contributed by atoms with E-state index in [2.05, 4.69) is 282 Å². The van der Waals surface area contributed by atoms with Gasteiger partial charge in [-0.2, -0.15) is 0 Å². The SMILES string of the molecule is CC(C)(C)c1ccc(N2c3ccc(C(C)(C)C)cc3B3c4cc(C(C)(C)C)ccc4N(c4cc(N(c5ccc(C(C)(C)C)cc5)c5ccc(C(C)(C)C)cc5)c5c(c4)oc4ccccc45)c4cccc2c43)cc1. The number of rotatable bonds is 5. The highest BCUT2D eigenvalue weighted by atomic mass is 16.3. The zero-order chi connectivity index (χ0) is 51.7. The largest absolute Gasteiger partial charge is 0.456 e. The molecule has 0 radical (unpaired) electrons. The van der Waals surface area contributed by atoms with Gasteiger partial charge in [-0.1, -0.05) is 189 Å². The third kappa shape index (κ3) is 8.34. The molecule has 5 heteroatoms. The number of para-hydroxylation sites is 1. The Hall–Kier alpha value is -6.98. The van der Waals surface area contributed by atoms with Gasteiger partial charge in [0.15, 0.2) is 0 Å². The van der Waals surface area contributed by atoms with Crippen molar-refractivity contribution in [2.45, 2.75) is 131 Å². The molecule has 0 spiro atoms. The first-order chi connectivity index (χ1) is 34.4. The number of benzene rings is 8. The Labute approximate surface area is 435 Å². The van der Waals surface area contributed by atoms with Gasteiger partial charge in [-0.25, -0.2) is 0 Å². The molecule has 0 unspecified atom stereocenters. The van der Waals surface area contributed by atoms with E-state index < -0.39 is 0 Å². The van der Waals surface area contributed by atoms with Crippen LogP contribution in [0, 0.1) is 0 Å². The predicted octanol–water partition coefficient (Wildman–Crippen LogP) is 17.6. The van der Waals surface area contributed by atoms with Crippen LogP contribution in [0.1, 0.15) is 132 Å². The molecule has 0 amide bonds. The van der Waals surface area contributed by atoms with Crippen molar-refractivity contribution in [2.75, 3.05) is 14.7 Å². The summed E-state index contributed by atoms with van der Waals surface area (Å²) >= 11 is 0. The Bertz CT molecular complexity index is 3530. The Morgan fingerprint density at radius 1 is 0.370 bits per heavy atom. The fourth-order valence-corrected chi connectivity index (χ4v) is 11.3. The summed E-state index contributed by atoms with van der Waals surface area (Å²) in [6, 6.07) is 62.4. The Balaban J connectivity index is 1.22. The molecule has 0 bridgehead atoms. The fourth-order valence-electron chi connectivity index (χ4n) is 11.3. The summed E-state index contributed by atoms with van der Waals surface area (Å²) in [7, 11) is 0. The van der Waals surface area contributed by atoms with Crippen LogP contribution in [0.4, 0.5) is 51.2 Å². The summed E-state index contributed by atoms with van der Waals surface area (Å²) in [6.45, 7) is 34.6. The number of anilines is 9. The van der Waals surface area contributed by atoms with Crippen LogP contribution in [-0.4, -0.2) is 6.71 Å². The molecule has 368 valence electrons. The molecule has 0 saturated carbocycles. The summed E-state index contributed by atoms with van der Waals surface area (Å²) in [5, 5.41) is 2.17. The lowest BCUT2D eigenvalue weighted by molar-refractivity contribution is 0.590. The van der Waals surface area contributed by atoms with E-state index in [0.29, 0.717) is 0 Å². The van der Waals surface area contributed by atoms with Crippen LogP contribution >= 0.6 is 0 Å². The van der Waals surface area contributed by atoms with Crippen molar-refractivity contribution in [3.8, 4) is 0 Å². The third-order valence-electron chi connectivity index (χ3n) is 15.6. The van der Waals surface area contributed by atoms with Gasteiger partial charge in [-0.3, -0.25) is 0 Å². The van der Waals surface area contributed by atoms with Crippen LogP contribution < -0.4 is 31.1 Å². The van der Waals surface area contributed by atoms with Crippen LogP contribution in [0.5, 0.6) is 0 Å². The molecule has 2 aliphatic heterocycles. The standard InChI is InChI=1S/C68H72BN3O/c1-64(2,3)43-23-31-48(32-24-43)70(49-33-25-44(26-34-49)65(4,5)6)59-41-51(42-61-62(59)52-19-16-17-22-60(52)73-61)72-56-38-30-47(68(13,14)15)40-54(56)69-53-39-46(67(10,11)12)29-37-55(53)71(57-20-18-21-58(72)63(57)69)50-35-27-45(28-36-50)66(7,8)9/h16-42H,1-15H3. The first kappa shape index (κ1) is 48.3. The lowest BCUT2D eigenvalue weighted by Crippen LogP contribution is -2.61. The maximum Gasteiger partial charge on any atom is 0.252 e. The maximum absolute atomic E-state index is 7.03. The second-order valence-corrected chi connectivity index (χ2v) is 26.0. The highest BCUT2D eigenvalue weighted by Gasteiger charge is 2.44. The second-order valence-electron chi connectivity index (χ2n) is 26.0. The van der Waals surface area contributed by atoms with Crippen molar-refractivity contribution in [3.05, 3.63) is 192 Å². The van der Waals surface area contributed by atoms with Crippen LogP contribution in [0.25, 0.3) is 21.9 Å². The van der Waals surface area contributed by atoms with Crippen LogP contribution in [0.3, 0.4) is 0 Å². The van der Waals surface area contributed by atoms with Crippen molar-refractivity contribution in [1.82, 2.24) is 0 Å². The molecule has 8 aromatic carbocycles. The average Bonchev–Trinajstić information content (AvgIpc) is 3.71. The number of fused-ring (bicyclic) bond motifs is 7. The topological polar surface area (TPSA) is 22.9 Å². The van der Waals surface area contributed by atoms with Crippen molar-refractivity contribution >= 4 is 96.2 Å². The molecule has 0 fully saturated rings. The summed E-state index contributed by atoms with van der Waals surface area (Å²) < 4.78 is 7.03. The molecule has 3 heterocycles. The van der Waals surface area contributed by atoms with E-state index in [4.69, 9.17) is 4.42 Å². The van der Waals surface area contributed by atoms with Crippen molar-refractivity contribution in [3.63, 3.8) is 0 Å². The van der Waals surface area contributed by atoms with Crippen LogP contribution in [0.2, 0.25) is 0 Å². The molecule has 0 saturated heterocycles. The number of nitrogens with zero attached hydrogens (tertiary/aromatic N) is 3. The van der Waals surface area contributed by atoms with Gasteiger partial charge < -0.3 is 19.1 Å².